The molecule has 0 aromatic heterocycles. The number of nitriles is 1. The van der Waals surface area contributed by atoms with Crippen LogP contribution in [0.15, 0.2) is 29.7 Å². The first-order valence-corrected chi connectivity index (χ1v) is 9.97. The number of nitrogens with one attached hydrogen (secondary N) is 2. The molecule has 2 aliphatic heterocycles. The molecule has 6 nitrogen and oxygen atoms in total. The fraction of sp³-hybridized carbons (Fsp3) is 0.500. The zero-order valence-electron chi connectivity index (χ0n) is 17.5. The topological polar surface area (TPSA) is 103 Å². The van der Waals surface area contributed by atoms with Crippen LogP contribution in [0.25, 0.3) is 0 Å². The Morgan fingerprint density at radius 1 is 1.29 bits per heavy atom. The molecule has 0 aliphatic carbocycles. The van der Waals surface area contributed by atoms with Crippen molar-refractivity contribution in [3.05, 3.63) is 46.3 Å². The Hall–Kier alpha value is -2.72. The van der Waals surface area contributed by atoms with Gasteiger partial charge in [0.25, 0.3) is 0 Å². The molecule has 166 valence electrons. The molecule has 1 saturated heterocycles. The number of hydrogen-bond donors (Lipinski definition) is 4. The molecule has 4 unspecified atom stereocenters. The molecule has 2 aliphatic rings. The van der Waals surface area contributed by atoms with E-state index in [9.17, 15) is 18.4 Å². The summed E-state index contributed by atoms with van der Waals surface area (Å²) >= 11 is 0. The Balaban J connectivity index is 2.36. The van der Waals surface area contributed by atoms with E-state index in [-0.39, 0.29) is 42.0 Å². The maximum Gasteiger partial charge on any atom is 0.416 e. The van der Waals surface area contributed by atoms with Crippen LogP contribution in [0.1, 0.15) is 43.9 Å². The van der Waals surface area contributed by atoms with Crippen LogP contribution in [0.4, 0.5) is 13.2 Å². The minimum absolute atomic E-state index is 0.105. The van der Waals surface area contributed by atoms with Crippen molar-refractivity contribution in [1.82, 2.24) is 10.9 Å². The van der Waals surface area contributed by atoms with Gasteiger partial charge in [-0.2, -0.15) is 18.4 Å². The Kier molecular flexibility index (Phi) is 6.24. The van der Waals surface area contributed by atoms with Crippen LogP contribution in [0.5, 0.6) is 0 Å². The number of rotatable bonds is 3. The maximum atomic E-state index is 13.8. The first-order chi connectivity index (χ1) is 14.6. The fourth-order valence-corrected chi connectivity index (χ4v) is 4.77. The molecule has 9 heteroatoms. The normalized spacial score (nSPS) is 27.9. The molecule has 5 N–H and O–H groups in total. The number of aliphatic hydroxyl groups is 1. The smallest absolute Gasteiger partial charge is 0.416 e. The van der Waals surface area contributed by atoms with Gasteiger partial charge in [0, 0.05) is 29.4 Å². The number of nitrogens with two attached hydrogens (primary N) is 1. The number of nitrogens with zero attached hydrogens (tertiary/aromatic N) is 1. The number of ether oxygens (including phenoxy) is 1. The molecule has 1 fully saturated rings. The molecular formula is C22H25F3N4O2. The van der Waals surface area contributed by atoms with Gasteiger partial charge >= 0.3 is 6.18 Å². The van der Waals surface area contributed by atoms with Gasteiger partial charge in [-0.05, 0) is 36.6 Å². The van der Waals surface area contributed by atoms with Crippen LogP contribution in [-0.4, -0.2) is 24.0 Å². The van der Waals surface area contributed by atoms with E-state index in [4.69, 9.17) is 15.6 Å². The third kappa shape index (κ3) is 3.85. The standard InChI is InChI=1S/C22H25F3N4O2/c1-12(2)21(17(11-26)19(27)31-20-18(21)13(3)28-29-20)15-8-14(6-4-5-7-30)9-16(10-15)22(23,24)25/h8-10,12-13,18,20,28-30H,5,7,27H2,1-3H3. The van der Waals surface area contributed by atoms with Crippen molar-refractivity contribution in [2.24, 2.45) is 17.6 Å². The molecule has 0 bridgehead atoms. The monoisotopic (exact) mass is 434 g/mol. The fourth-order valence-electron chi connectivity index (χ4n) is 4.77. The second kappa shape index (κ2) is 8.43. The van der Waals surface area contributed by atoms with Gasteiger partial charge in [-0.3, -0.25) is 5.43 Å². The quantitative estimate of drug-likeness (QED) is 0.545. The highest BCUT2D eigenvalue weighted by atomic mass is 19.4. The molecule has 0 radical (unpaired) electrons. The van der Waals surface area contributed by atoms with Crippen molar-refractivity contribution in [2.75, 3.05) is 6.61 Å². The average Bonchev–Trinajstić information content (AvgIpc) is 3.06. The van der Waals surface area contributed by atoms with Crippen molar-refractivity contribution in [3.63, 3.8) is 0 Å². The number of hydrazine groups is 1. The molecular weight excluding hydrogens is 409 g/mol. The summed E-state index contributed by atoms with van der Waals surface area (Å²) in [5.41, 5.74) is 10.7. The van der Waals surface area contributed by atoms with E-state index < -0.39 is 29.3 Å². The summed E-state index contributed by atoms with van der Waals surface area (Å²) in [7, 11) is 0. The summed E-state index contributed by atoms with van der Waals surface area (Å²) in [6.07, 6.45) is -5.08. The number of allylic oxidation sites excluding steroid dienone is 1. The van der Waals surface area contributed by atoms with E-state index in [1.165, 1.54) is 0 Å². The van der Waals surface area contributed by atoms with E-state index in [1.807, 2.05) is 20.8 Å². The highest BCUT2D eigenvalue weighted by molar-refractivity contribution is 5.53. The second-order valence-corrected chi connectivity index (χ2v) is 8.09. The summed E-state index contributed by atoms with van der Waals surface area (Å²) in [4.78, 5) is 0. The summed E-state index contributed by atoms with van der Waals surface area (Å²) < 4.78 is 47.1. The Morgan fingerprint density at radius 2 is 2.00 bits per heavy atom. The molecule has 1 aromatic rings. The van der Waals surface area contributed by atoms with Crippen LogP contribution in [0, 0.1) is 35.0 Å². The van der Waals surface area contributed by atoms with Gasteiger partial charge in [0.05, 0.1) is 12.2 Å². The molecule has 1 aromatic carbocycles. The number of fused-ring (bicyclic) bond motifs is 1. The van der Waals surface area contributed by atoms with E-state index in [0.717, 1.165) is 12.1 Å². The van der Waals surface area contributed by atoms with Crippen molar-refractivity contribution in [3.8, 4) is 17.9 Å². The summed E-state index contributed by atoms with van der Waals surface area (Å²) in [6.45, 7) is 5.40. The van der Waals surface area contributed by atoms with Gasteiger partial charge in [0.1, 0.15) is 11.6 Å². The summed E-state index contributed by atoms with van der Waals surface area (Å²) in [5, 5.41) is 19.0. The lowest BCUT2D eigenvalue weighted by atomic mass is 9.56. The Labute approximate surface area is 179 Å². The summed E-state index contributed by atoms with van der Waals surface area (Å²) in [5.74, 6) is 4.58. The van der Waals surface area contributed by atoms with E-state index in [2.05, 4.69) is 28.8 Å². The van der Waals surface area contributed by atoms with Crippen molar-refractivity contribution >= 4 is 0 Å². The number of halogens is 3. The predicted molar refractivity (Wildman–Crippen MR) is 107 cm³/mol. The maximum absolute atomic E-state index is 13.8. The second-order valence-electron chi connectivity index (χ2n) is 8.09. The average molecular weight is 434 g/mol. The largest absolute Gasteiger partial charge is 0.458 e. The molecule has 3 rings (SSSR count). The molecule has 0 spiro atoms. The number of alkyl halides is 3. The lowest BCUT2D eigenvalue weighted by Gasteiger charge is -2.48. The van der Waals surface area contributed by atoms with Gasteiger partial charge < -0.3 is 15.6 Å². The minimum atomic E-state index is -4.61. The lowest BCUT2D eigenvalue weighted by Crippen LogP contribution is -2.55. The van der Waals surface area contributed by atoms with Crippen molar-refractivity contribution in [1.29, 1.82) is 5.26 Å². The highest BCUT2D eigenvalue weighted by Gasteiger charge is 2.59. The molecule has 4 atom stereocenters. The summed E-state index contributed by atoms with van der Waals surface area (Å²) in [6, 6.07) is 5.53. The van der Waals surface area contributed by atoms with Crippen LogP contribution < -0.4 is 16.6 Å². The number of benzene rings is 1. The SMILES string of the molecule is CC1NNC2OC(N)=C(C#N)C(c3cc(C#CCCO)cc(C(F)(F)F)c3)(C(C)C)C12. The van der Waals surface area contributed by atoms with Crippen molar-refractivity contribution < 1.29 is 23.0 Å². The first kappa shape index (κ1) is 23.0. The number of hydrogen-bond acceptors (Lipinski definition) is 6. The van der Waals surface area contributed by atoms with Crippen LogP contribution >= 0.6 is 0 Å². The molecule has 0 saturated carbocycles. The Morgan fingerprint density at radius 3 is 2.58 bits per heavy atom. The first-order valence-electron chi connectivity index (χ1n) is 9.97. The molecule has 31 heavy (non-hydrogen) atoms. The highest BCUT2D eigenvalue weighted by Crippen LogP contribution is 2.53. The third-order valence-corrected chi connectivity index (χ3v) is 5.99. The van der Waals surface area contributed by atoms with Crippen LogP contribution in [0.2, 0.25) is 0 Å². The van der Waals surface area contributed by atoms with E-state index >= 15 is 0 Å². The zero-order valence-corrected chi connectivity index (χ0v) is 17.5. The van der Waals surface area contributed by atoms with E-state index in [1.54, 1.807) is 6.07 Å². The van der Waals surface area contributed by atoms with Crippen LogP contribution in [-0.2, 0) is 16.3 Å². The minimum Gasteiger partial charge on any atom is -0.458 e. The molecule has 0 amide bonds. The third-order valence-electron chi connectivity index (χ3n) is 5.99. The van der Waals surface area contributed by atoms with E-state index in [0.29, 0.717) is 5.56 Å². The van der Waals surface area contributed by atoms with Gasteiger partial charge in [0.15, 0.2) is 6.23 Å². The van der Waals surface area contributed by atoms with Crippen LogP contribution in [0.3, 0.4) is 0 Å². The molecule has 2 heterocycles. The number of aliphatic hydroxyl groups excluding tert-OH is 1. The van der Waals surface area contributed by atoms with Gasteiger partial charge in [-0.25, -0.2) is 5.43 Å². The van der Waals surface area contributed by atoms with Gasteiger partial charge in [0.2, 0.25) is 5.88 Å². The van der Waals surface area contributed by atoms with Crippen molar-refractivity contribution in [2.45, 2.75) is 51.1 Å². The van der Waals surface area contributed by atoms with Gasteiger partial charge in [-0.1, -0.05) is 25.7 Å². The zero-order chi connectivity index (χ0) is 23.0. The Bertz CT molecular complexity index is 987. The predicted octanol–water partition coefficient (Wildman–Crippen LogP) is 2.50. The lowest BCUT2D eigenvalue weighted by molar-refractivity contribution is -0.137. The van der Waals surface area contributed by atoms with Gasteiger partial charge in [-0.15, -0.1) is 0 Å².